The lowest BCUT2D eigenvalue weighted by atomic mass is 10.2. The molecule has 0 saturated carbocycles. The highest BCUT2D eigenvalue weighted by atomic mass is 127. The van der Waals surface area contributed by atoms with Gasteiger partial charge in [0.1, 0.15) is 23.2 Å². The molecular weight excluding hydrogens is 498 g/mol. The summed E-state index contributed by atoms with van der Waals surface area (Å²) in [5, 5.41) is 12.4. The third kappa shape index (κ3) is 4.72. The van der Waals surface area contributed by atoms with Crippen molar-refractivity contribution in [3.63, 3.8) is 0 Å². The van der Waals surface area contributed by atoms with Gasteiger partial charge < -0.3 is 9.73 Å². The van der Waals surface area contributed by atoms with E-state index in [-0.39, 0.29) is 10.6 Å². The summed E-state index contributed by atoms with van der Waals surface area (Å²) < 4.78 is 6.84. The molecule has 27 heavy (non-hydrogen) atoms. The molecule has 3 rings (SSSR count). The molecule has 2 aromatic carbocycles. The van der Waals surface area contributed by atoms with Gasteiger partial charge in [0.25, 0.3) is 5.91 Å². The lowest BCUT2D eigenvalue weighted by Gasteiger charge is -2.07. The van der Waals surface area contributed by atoms with Crippen LogP contribution in [-0.2, 0) is 4.79 Å². The van der Waals surface area contributed by atoms with E-state index >= 15 is 0 Å². The number of hydrogen-bond donors (Lipinski definition) is 1. The molecular formula is C20H11Cl2IN2O2. The van der Waals surface area contributed by atoms with Crippen LogP contribution in [0.4, 0.5) is 5.69 Å². The first-order chi connectivity index (χ1) is 13.0. The molecule has 0 aliphatic rings. The van der Waals surface area contributed by atoms with Crippen molar-refractivity contribution in [3.8, 4) is 17.4 Å². The number of amides is 1. The van der Waals surface area contributed by atoms with Gasteiger partial charge in [0.2, 0.25) is 0 Å². The fraction of sp³-hybridized carbons (Fsp3) is 0. The zero-order chi connectivity index (χ0) is 19.4. The standard InChI is InChI=1S/C20H11Cl2IN2O2/c21-16-2-1-3-17(19(16)22)25-20(26)13(11-24)10-15-8-9-18(27-15)12-4-6-14(23)7-5-12/h1-10H,(H,25,26)/b13-10-. The van der Waals surface area contributed by atoms with Gasteiger partial charge in [-0.15, -0.1) is 0 Å². The molecule has 0 radical (unpaired) electrons. The number of nitrogens with one attached hydrogen (secondary N) is 1. The Labute approximate surface area is 179 Å². The first-order valence-corrected chi connectivity index (χ1v) is 9.54. The minimum atomic E-state index is -0.603. The van der Waals surface area contributed by atoms with Crippen molar-refractivity contribution in [2.75, 3.05) is 5.32 Å². The average molecular weight is 509 g/mol. The number of nitriles is 1. The molecule has 1 heterocycles. The smallest absolute Gasteiger partial charge is 0.266 e. The minimum absolute atomic E-state index is 0.116. The number of benzene rings is 2. The fourth-order valence-corrected chi connectivity index (χ4v) is 2.99. The highest BCUT2D eigenvalue weighted by Gasteiger charge is 2.14. The third-order valence-electron chi connectivity index (χ3n) is 3.61. The van der Waals surface area contributed by atoms with Crippen LogP contribution in [-0.4, -0.2) is 5.91 Å². The van der Waals surface area contributed by atoms with Crippen LogP contribution in [0.1, 0.15) is 5.76 Å². The number of carbonyl (C=O) groups excluding carboxylic acids is 1. The maximum absolute atomic E-state index is 12.4. The average Bonchev–Trinajstić information content (AvgIpc) is 3.12. The van der Waals surface area contributed by atoms with Crippen molar-refractivity contribution in [1.29, 1.82) is 5.26 Å². The van der Waals surface area contributed by atoms with Gasteiger partial charge in [0.05, 0.1) is 15.7 Å². The van der Waals surface area contributed by atoms with Crippen molar-refractivity contribution in [3.05, 3.63) is 79.5 Å². The second-order valence-corrected chi connectivity index (χ2v) is 7.47. The van der Waals surface area contributed by atoms with Crippen LogP contribution < -0.4 is 5.32 Å². The largest absolute Gasteiger partial charge is 0.457 e. The third-order valence-corrected chi connectivity index (χ3v) is 5.15. The molecule has 0 unspecified atom stereocenters. The molecule has 1 N–H and O–H groups in total. The van der Waals surface area contributed by atoms with Crippen molar-refractivity contribution in [2.45, 2.75) is 0 Å². The van der Waals surface area contributed by atoms with Crippen LogP contribution in [0.15, 0.2) is 64.6 Å². The molecule has 1 aromatic heterocycles. The van der Waals surface area contributed by atoms with Crippen molar-refractivity contribution < 1.29 is 9.21 Å². The van der Waals surface area contributed by atoms with E-state index in [2.05, 4.69) is 27.9 Å². The van der Waals surface area contributed by atoms with E-state index in [0.717, 1.165) is 9.13 Å². The highest BCUT2D eigenvalue weighted by molar-refractivity contribution is 14.1. The van der Waals surface area contributed by atoms with Gasteiger partial charge in [-0.3, -0.25) is 4.79 Å². The van der Waals surface area contributed by atoms with Gasteiger partial charge in [-0.2, -0.15) is 5.26 Å². The molecule has 0 saturated heterocycles. The summed E-state index contributed by atoms with van der Waals surface area (Å²) in [7, 11) is 0. The molecule has 134 valence electrons. The van der Waals surface area contributed by atoms with Crippen molar-refractivity contribution in [2.24, 2.45) is 0 Å². The lowest BCUT2D eigenvalue weighted by Crippen LogP contribution is -2.13. The van der Waals surface area contributed by atoms with Gasteiger partial charge in [0.15, 0.2) is 0 Å². The molecule has 0 atom stereocenters. The number of rotatable bonds is 4. The van der Waals surface area contributed by atoms with Crippen molar-refractivity contribution >= 4 is 63.5 Å². The van der Waals surface area contributed by atoms with E-state index in [1.807, 2.05) is 30.3 Å². The second-order valence-electron chi connectivity index (χ2n) is 5.43. The number of carbonyl (C=O) groups is 1. The molecule has 0 fully saturated rings. The van der Waals surface area contributed by atoms with Gasteiger partial charge in [-0.1, -0.05) is 41.4 Å². The Morgan fingerprint density at radius 3 is 2.56 bits per heavy atom. The molecule has 0 spiro atoms. The number of halogens is 3. The summed E-state index contributed by atoms with van der Waals surface area (Å²) in [5.74, 6) is 0.439. The molecule has 0 bridgehead atoms. The quantitative estimate of drug-likeness (QED) is 0.252. The van der Waals surface area contributed by atoms with Crippen LogP contribution in [0.3, 0.4) is 0 Å². The molecule has 7 heteroatoms. The summed E-state index contributed by atoms with van der Waals surface area (Å²) in [6.45, 7) is 0. The zero-order valence-electron chi connectivity index (χ0n) is 13.7. The van der Waals surface area contributed by atoms with E-state index < -0.39 is 5.91 Å². The Balaban J connectivity index is 1.82. The molecule has 0 aliphatic heterocycles. The summed E-state index contributed by atoms with van der Waals surface area (Å²) >= 11 is 14.2. The van der Waals surface area contributed by atoms with Gasteiger partial charge >= 0.3 is 0 Å². The summed E-state index contributed by atoms with van der Waals surface area (Å²) in [4.78, 5) is 12.4. The van der Waals surface area contributed by atoms with E-state index in [4.69, 9.17) is 27.6 Å². The lowest BCUT2D eigenvalue weighted by molar-refractivity contribution is -0.112. The summed E-state index contributed by atoms with van der Waals surface area (Å²) in [5.41, 5.74) is 1.12. The van der Waals surface area contributed by atoms with Gasteiger partial charge in [-0.25, -0.2) is 0 Å². The predicted octanol–water partition coefficient (Wildman–Crippen LogP) is 6.40. The minimum Gasteiger partial charge on any atom is -0.457 e. The van der Waals surface area contributed by atoms with Crippen LogP contribution in [0.25, 0.3) is 17.4 Å². The fourth-order valence-electron chi connectivity index (χ4n) is 2.28. The van der Waals surface area contributed by atoms with Crippen LogP contribution in [0, 0.1) is 14.9 Å². The molecule has 0 aliphatic carbocycles. The number of hydrogen-bond acceptors (Lipinski definition) is 3. The number of nitrogens with zero attached hydrogens (tertiary/aromatic N) is 1. The van der Waals surface area contributed by atoms with E-state index in [0.29, 0.717) is 22.2 Å². The Morgan fingerprint density at radius 2 is 1.85 bits per heavy atom. The van der Waals surface area contributed by atoms with Gasteiger partial charge in [-0.05, 0) is 59.0 Å². The van der Waals surface area contributed by atoms with E-state index in [1.54, 1.807) is 30.3 Å². The Morgan fingerprint density at radius 1 is 1.11 bits per heavy atom. The van der Waals surface area contributed by atoms with Crippen molar-refractivity contribution in [1.82, 2.24) is 0 Å². The Kier molecular flexibility index (Phi) is 6.22. The monoisotopic (exact) mass is 508 g/mol. The predicted molar refractivity (Wildman–Crippen MR) is 116 cm³/mol. The first kappa shape index (κ1) is 19.5. The molecule has 1 amide bonds. The summed E-state index contributed by atoms with van der Waals surface area (Å²) in [6, 6.07) is 18.0. The molecule has 4 nitrogen and oxygen atoms in total. The normalized spacial score (nSPS) is 11.1. The second kappa shape index (κ2) is 8.61. The molecule has 3 aromatic rings. The Bertz CT molecular complexity index is 1070. The topological polar surface area (TPSA) is 66.0 Å². The first-order valence-electron chi connectivity index (χ1n) is 7.71. The van der Waals surface area contributed by atoms with Crippen LogP contribution >= 0.6 is 45.8 Å². The number of furan rings is 1. The SMILES string of the molecule is N#C/C(=C/c1ccc(-c2ccc(I)cc2)o1)C(=O)Nc1cccc(Cl)c1Cl. The Hall–Kier alpha value is -2.27. The zero-order valence-corrected chi connectivity index (χ0v) is 17.3. The maximum Gasteiger partial charge on any atom is 0.266 e. The van der Waals surface area contributed by atoms with E-state index in [9.17, 15) is 10.1 Å². The summed E-state index contributed by atoms with van der Waals surface area (Å²) in [6.07, 6.45) is 1.38. The van der Waals surface area contributed by atoms with Gasteiger partial charge in [0, 0.05) is 15.2 Å². The number of anilines is 1. The maximum atomic E-state index is 12.4. The van der Waals surface area contributed by atoms with Crippen LogP contribution in [0.5, 0.6) is 0 Å². The van der Waals surface area contributed by atoms with Crippen LogP contribution in [0.2, 0.25) is 10.0 Å². The van der Waals surface area contributed by atoms with E-state index in [1.165, 1.54) is 6.08 Å². The highest BCUT2D eigenvalue weighted by Crippen LogP contribution is 2.30.